The number of sulfonamides is 1. The second-order valence-electron chi connectivity index (χ2n) is 7.93. The van der Waals surface area contributed by atoms with Crippen LogP contribution in [0.5, 0.6) is 5.75 Å². The largest absolute Gasteiger partial charge is 0.497 e. The van der Waals surface area contributed by atoms with Crippen molar-refractivity contribution in [2.75, 3.05) is 27.7 Å². The first kappa shape index (κ1) is 25.2. The molecule has 0 saturated carbocycles. The number of carbonyl (C=O) groups excluding carboxylic acids is 2. The van der Waals surface area contributed by atoms with Crippen LogP contribution in [0.3, 0.4) is 0 Å². The summed E-state index contributed by atoms with van der Waals surface area (Å²) in [6, 6.07) is 18.7. The molecule has 0 unspecified atom stereocenters. The SMILES string of the molecule is CNC(=O)[C@H](C)N(Cc1cccc(OC)c1)C(=O)CN(C)S(=O)(=O)c1ccc2ccccc2c1. The molecule has 2 amide bonds. The third kappa shape index (κ3) is 5.55. The van der Waals surface area contributed by atoms with E-state index < -0.39 is 28.5 Å². The second-order valence-corrected chi connectivity index (χ2v) is 9.98. The van der Waals surface area contributed by atoms with Crippen LogP contribution >= 0.6 is 0 Å². The average Bonchev–Trinajstić information content (AvgIpc) is 2.85. The van der Waals surface area contributed by atoms with Gasteiger partial charge in [0.1, 0.15) is 11.8 Å². The van der Waals surface area contributed by atoms with Crippen LogP contribution in [0.4, 0.5) is 0 Å². The van der Waals surface area contributed by atoms with E-state index in [1.165, 1.54) is 25.1 Å². The van der Waals surface area contributed by atoms with Gasteiger partial charge in [-0.05, 0) is 47.5 Å². The number of methoxy groups -OCH3 is 1. The Hall–Kier alpha value is -3.43. The van der Waals surface area contributed by atoms with E-state index in [9.17, 15) is 18.0 Å². The van der Waals surface area contributed by atoms with Gasteiger partial charge in [-0.25, -0.2) is 8.42 Å². The summed E-state index contributed by atoms with van der Waals surface area (Å²) in [7, 11) is 0.462. The van der Waals surface area contributed by atoms with Crippen molar-refractivity contribution < 1.29 is 22.7 Å². The van der Waals surface area contributed by atoms with Crippen LogP contribution in [0.1, 0.15) is 12.5 Å². The molecule has 1 N–H and O–H groups in total. The zero-order valence-corrected chi connectivity index (χ0v) is 20.5. The Kier molecular flexibility index (Phi) is 7.90. The zero-order chi connectivity index (χ0) is 24.9. The van der Waals surface area contributed by atoms with Crippen molar-refractivity contribution in [3.8, 4) is 5.75 Å². The van der Waals surface area contributed by atoms with Gasteiger partial charge in [-0.15, -0.1) is 0 Å². The molecule has 0 aliphatic carbocycles. The molecular formula is C25H29N3O5S. The lowest BCUT2D eigenvalue weighted by molar-refractivity contribution is -0.140. The predicted molar refractivity (Wildman–Crippen MR) is 131 cm³/mol. The molecule has 0 spiro atoms. The normalized spacial score (nSPS) is 12.4. The highest BCUT2D eigenvalue weighted by atomic mass is 32.2. The Balaban J connectivity index is 1.85. The van der Waals surface area contributed by atoms with Crippen molar-refractivity contribution >= 4 is 32.6 Å². The lowest BCUT2D eigenvalue weighted by Crippen LogP contribution is -2.50. The highest BCUT2D eigenvalue weighted by Gasteiger charge is 2.30. The summed E-state index contributed by atoms with van der Waals surface area (Å²) in [5.41, 5.74) is 0.753. The van der Waals surface area contributed by atoms with Crippen LogP contribution in [0.15, 0.2) is 71.6 Å². The van der Waals surface area contributed by atoms with Gasteiger partial charge in [0.05, 0.1) is 18.6 Å². The summed E-state index contributed by atoms with van der Waals surface area (Å²) < 4.78 is 32.6. The van der Waals surface area contributed by atoms with Gasteiger partial charge in [0, 0.05) is 20.6 Å². The highest BCUT2D eigenvalue weighted by molar-refractivity contribution is 7.89. The molecule has 8 nitrogen and oxygen atoms in total. The molecule has 9 heteroatoms. The molecule has 0 heterocycles. The van der Waals surface area contributed by atoms with Crippen LogP contribution < -0.4 is 10.1 Å². The fourth-order valence-electron chi connectivity index (χ4n) is 3.63. The highest BCUT2D eigenvalue weighted by Crippen LogP contribution is 2.22. The summed E-state index contributed by atoms with van der Waals surface area (Å²) in [6.07, 6.45) is 0. The monoisotopic (exact) mass is 483 g/mol. The number of amides is 2. The minimum Gasteiger partial charge on any atom is -0.497 e. The van der Waals surface area contributed by atoms with Crippen LogP contribution in [-0.2, 0) is 26.2 Å². The summed E-state index contributed by atoms with van der Waals surface area (Å²) in [6.45, 7) is 1.31. The third-order valence-corrected chi connectivity index (χ3v) is 7.49. The fraction of sp³-hybridized carbons (Fsp3) is 0.280. The number of carbonyl (C=O) groups is 2. The lowest BCUT2D eigenvalue weighted by Gasteiger charge is -2.30. The number of nitrogens with one attached hydrogen (secondary N) is 1. The topological polar surface area (TPSA) is 96.0 Å². The molecule has 0 aliphatic rings. The van der Waals surface area contributed by atoms with E-state index in [1.54, 1.807) is 44.4 Å². The molecule has 34 heavy (non-hydrogen) atoms. The molecule has 0 aliphatic heterocycles. The smallest absolute Gasteiger partial charge is 0.243 e. The van der Waals surface area contributed by atoms with Gasteiger partial charge in [0.25, 0.3) is 0 Å². The number of hydrogen-bond donors (Lipinski definition) is 1. The van der Waals surface area contributed by atoms with Gasteiger partial charge >= 0.3 is 0 Å². The predicted octanol–water partition coefficient (Wildman–Crippen LogP) is 2.63. The Morgan fingerprint density at radius 3 is 2.38 bits per heavy atom. The van der Waals surface area contributed by atoms with E-state index in [4.69, 9.17) is 4.74 Å². The molecule has 0 aromatic heterocycles. The Morgan fingerprint density at radius 1 is 1.00 bits per heavy atom. The molecule has 0 saturated heterocycles. The lowest BCUT2D eigenvalue weighted by atomic mass is 10.1. The van der Waals surface area contributed by atoms with Crippen molar-refractivity contribution in [3.63, 3.8) is 0 Å². The molecule has 0 bridgehead atoms. The quantitative estimate of drug-likeness (QED) is 0.505. The van der Waals surface area contributed by atoms with Gasteiger partial charge < -0.3 is 15.0 Å². The van der Waals surface area contributed by atoms with Gasteiger partial charge in [0.2, 0.25) is 21.8 Å². The molecule has 3 aromatic carbocycles. The molecule has 0 fully saturated rings. The van der Waals surface area contributed by atoms with E-state index in [0.717, 1.165) is 20.6 Å². The summed E-state index contributed by atoms with van der Waals surface area (Å²) in [5, 5.41) is 4.25. The number of hydrogen-bond acceptors (Lipinski definition) is 5. The van der Waals surface area contributed by atoms with E-state index in [1.807, 2.05) is 30.3 Å². The Bertz CT molecular complexity index is 1290. The first-order chi connectivity index (χ1) is 16.2. The first-order valence-electron chi connectivity index (χ1n) is 10.8. The van der Waals surface area contributed by atoms with Gasteiger partial charge in [-0.2, -0.15) is 4.31 Å². The summed E-state index contributed by atoms with van der Waals surface area (Å²) >= 11 is 0. The van der Waals surface area contributed by atoms with Gasteiger partial charge in [-0.1, -0.05) is 42.5 Å². The third-order valence-electron chi connectivity index (χ3n) is 5.69. The maximum atomic E-state index is 13.3. The Morgan fingerprint density at radius 2 is 1.71 bits per heavy atom. The second kappa shape index (κ2) is 10.7. The number of nitrogens with zero attached hydrogens (tertiary/aromatic N) is 2. The molecule has 3 aromatic rings. The summed E-state index contributed by atoms with van der Waals surface area (Å²) in [5.74, 6) is -0.226. The van der Waals surface area contributed by atoms with Crippen LogP contribution in [0.25, 0.3) is 10.8 Å². The number of rotatable bonds is 9. The van der Waals surface area contributed by atoms with Crippen LogP contribution in [0.2, 0.25) is 0 Å². The van der Waals surface area contributed by atoms with Crippen molar-refractivity contribution in [1.82, 2.24) is 14.5 Å². The zero-order valence-electron chi connectivity index (χ0n) is 19.7. The van der Waals surface area contributed by atoms with E-state index >= 15 is 0 Å². The van der Waals surface area contributed by atoms with E-state index in [0.29, 0.717) is 5.75 Å². The van der Waals surface area contributed by atoms with Crippen molar-refractivity contribution in [2.45, 2.75) is 24.4 Å². The molecular weight excluding hydrogens is 454 g/mol. The van der Waals surface area contributed by atoms with Gasteiger partial charge in [0.15, 0.2) is 0 Å². The fourth-order valence-corrected chi connectivity index (χ4v) is 4.79. The molecule has 1 atom stereocenters. The van der Waals surface area contributed by atoms with Crippen molar-refractivity contribution in [1.29, 1.82) is 0 Å². The minimum absolute atomic E-state index is 0.0974. The van der Waals surface area contributed by atoms with Crippen LogP contribution in [0, 0.1) is 0 Å². The standard InChI is InChI=1S/C25H29N3O5S/c1-18(25(30)26-2)28(16-19-8-7-11-22(14-19)33-4)24(29)17-27(3)34(31,32)23-13-12-20-9-5-6-10-21(20)15-23/h5-15,18H,16-17H2,1-4H3,(H,26,30)/t18-/m0/s1. The molecule has 180 valence electrons. The van der Waals surface area contributed by atoms with Crippen molar-refractivity contribution in [2.24, 2.45) is 0 Å². The minimum atomic E-state index is -3.93. The number of likely N-dealkylation sites (N-methyl/N-ethyl adjacent to an activating group) is 2. The van der Waals surface area contributed by atoms with Crippen LogP contribution in [-0.4, -0.2) is 63.2 Å². The van der Waals surface area contributed by atoms with Gasteiger partial charge in [-0.3, -0.25) is 9.59 Å². The molecule has 3 rings (SSSR count). The summed E-state index contributed by atoms with van der Waals surface area (Å²) in [4.78, 5) is 27.1. The first-order valence-corrected chi connectivity index (χ1v) is 12.2. The van der Waals surface area contributed by atoms with E-state index in [2.05, 4.69) is 5.32 Å². The van der Waals surface area contributed by atoms with Crippen molar-refractivity contribution in [3.05, 3.63) is 72.3 Å². The number of ether oxygens (including phenoxy) is 1. The van der Waals surface area contributed by atoms with E-state index in [-0.39, 0.29) is 17.3 Å². The number of benzene rings is 3. The maximum Gasteiger partial charge on any atom is 0.243 e. The Labute approximate surface area is 200 Å². The average molecular weight is 484 g/mol. The maximum absolute atomic E-state index is 13.3. The molecule has 0 radical (unpaired) electrons. The number of fused-ring (bicyclic) bond motifs is 1.